The van der Waals surface area contributed by atoms with Crippen molar-refractivity contribution in [2.24, 2.45) is 10.9 Å². The smallest absolute Gasteiger partial charge is 0.387 e. The standard InChI is InChI=1S/C16H14ClF3N2O3/c1-23-14-7-9(5-6-13(14)25-16(19)20)15(21)22-24-8-10-11(17)3-2-4-12(10)18/h2-7,16H,8H2,1H3,(H2,21,22). The zero-order chi connectivity index (χ0) is 18.4. The SMILES string of the molecule is COc1cc(C(N)=NOCc2c(F)cccc2Cl)ccc1OC(F)F. The Morgan fingerprint density at radius 3 is 2.64 bits per heavy atom. The van der Waals surface area contributed by atoms with Gasteiger partial charge in [0, 0.05) is 11.1 Å². The Kier molecular flexibility index (Phi) is 6.35. The minimum absolute atomic E-state index is 0.0492. The number of alkyl halides is 2. The van der Waals surface area contributed by atoms with Gasteiger partial charge in [-0.15, -0.1) is 0 Å². The summed E-state index contributed by atoms with van der Waals surface area (Å²) in [5.41, 5.74) is 6.25. The number of oxime groups is 1. The molecule has 0 saturated carbocycles. The number of methoxy groups -OCH3 is 1. The van der Waals surface area contributed by atoms with Crippen molar-refractivity contribution < 1.29 is 27.5 Å². The van der Waals surface area contributed by atoms with Crippen LogP contribution in [0.15, 0.2) is 41.6 Å². The van der Waals surface area contributed by atoms with Gasteiger partial charge in [0.1, 0.15) is 12.4 Å². The van der Waals surface area contributed by atoms with Crippen LogP contribution in [-0.2, 0) is 11.4 Å². The third-order valence-electron chi connectivity index (χ3n) is 3.11. The Labute approximate surface area is 146 Å². The lowest BCUT2D eigenvalue weighted by molar-refractivity contribution is -0.0512. The monoisotopic (exact) mass is 374 g/mol. The van der Waals surface area contributed by atoms with Crippen LogP contribution in [0.4, 0.5) is 13.2 Å². The molecule has 2 rings (SSSR count). The number of halogens is 4. The highest BCUT2D eigenvalue weighted by molar-refractivity contribution is 6.31. The average Bonchev–Trinajstić information content (AvgIpc) is 2.57. The van der Waals surface area contributed by atoms with E-state index in [2.05, 4.69) is 9.89 Å². The van der Waals surface area contributed by atoms with Gasteiger partial charge in [0.05, 0.1) is 12.1 Å². The number of nitrogens with zero attached hydrogens (tertiary/aromatic N) is 1. The van der Waals surface area contributed by atoms with Gasteiger partial charge in [-0.1, -0.05) is 22.8 Å². The molecule has 0 aliphatic heterocycles. The van der Waals surface area contributed by atoms with E-state index >= 15 is 0 Å². The quantitative estimate of drug-likeness (QED) is 0.453. The van der Waals surface area contributed by atoms with Gasteiger partial charge >= 0.3 is 6.61 Å². The number of hydrogen-bond donors (Lipinski definition) is 1. The van der Waals surface area contributed by atoms with Crippen LogP contribution < -0.4 is 15.2 Å². The highest BCUT2D eigenvalue weighted by Crippen LogP contribution is 2.29. The van der Waals surface area contributed by atoms with E-state index in [1.54, 1.807) is 0 Å². The van der Waals surface area contributed by atoms with E-state index < -0.39 is 12.4 Å². The zero-order valence-corrected chi connectivity index (χ0v) is 13.8. The molecule has 0 spiro atoms. The third-order valence-corrected chi connectivity index (χ3v) is 3.46. The van der Waals surface area contributed by atoms with E-state index in [0.717, 1.165) is 0 Å². The van der Waals surface area contributed by atoms with Gasteiger partial charge in [-0.05, 0) is 30.3 Å². The van der Waals surface area contributed by atoms with E-state index in [9.17, 15) is 13.2 Å². The second kappa shape index (κ2) is 8.48. The van der Waals surface area contributed by atoms with Crippen LogP contribution in [0.3, 0.4) is 0 Å². The predicted molar refractivity (Wildman–Crippen MR) is 86.5 cm³/mol. The van der Waals surface area contributed by atoms with E-state index in [0.29, 0.717) is 5.56 Å². The molecule has 0 radical (unpaired) electrons. The van der Waals surface area contributed by atoms with Crippen LogP contribution >= 0.6 is 11.6 Å². The van der Waals surface area contributed by atoms with Gasteiger partial charge in [-0.2, -0.15) is 8.78 Å². The normalized spacial score (nSPS) is 11.5. The molecule has 0 bridgehead atoms. The predicted octanol–water partition coefficient (Wildman–Crippen LogP) is 3.93. The molecular weight excluding hydrogens is 361 g/mol. The van der Waals surface area contributed by atoms with Crippen molar-refractivity contribution >= 4 is 17.4 Å². The molecule has 0 atom stereocenters. The summed E-state index contributed by atoms with van der Waals surface area (Å²) in [6.45, 7) is -3.21. The molecule has 2 aromatic carbocycles. The van der Waals surface area contributed by atoms with Gasteiger partial charge in [0.25, 0.3) is 0 Å². The molecule has 0 saturated heterocycles. The fourth-order valence-corrected chi connectivity index (χ4v) is 2.13. The molecule has 0 unspecified atom stereocenters. The van der Waals surface area contributed by atoms with Gasteiger partial charge in [0.15, 0.2) is 17.3 Å². The second-order valence-electron chi connectivity index (χ2n) is 4.69. The Bertz CT molecular complexity index is 752. The second-order valence-corrected chi connectivity index (χ2v) is 5.10. The first kappa shape index (κ1) is 18.7. The molecule has 0 amide bonds. The topological polar surface area (TPSA) is 66.1 Å². The molecule has 2 N–H and O–H groups in total. The molecular formula is C16H14ClF3N2O3. The lowest BCUT2D eigenvalue weighted by atomic mass is 10.2. The maximum absolute atomic E-state index is 13.6. The molecule has 0 fully saturated rings. The minimum atomic E-state index is -2.99. The summed E-state index contributed by atoms with van der Waals surface area (Å²) in [7, 11) is 1.29. The summed E-state index contributed by atoms with van der Waals surface area (Å²) < 4.78 is 47.5. The summed E-state index contributed by atoms with van der Waals surface area (Å²) in [4.78, 5) is 5.01. The first-order chi connectivity index (χ1) is 11.9. The highest BCUT2D eigenvalue weighted by Gasteiger charge is 2.13. The largest absolute Gasteiger partial charge is 0.493 e. The van der Waals surface area contributed by atoms with Crippen molar-refractivity contribution in [3.8, 4) is 11.5 Å². The molecule has 2 aromatic rings. The third kappa shape index (κ3) is 4.93. The zero-order valence-electron chi connectivity index (χ0n) is 13.0. The summed E-state index contributed by atoms with van der Waals surface area (Å²) >= 11 is 5.87. The van der Waals surface area contributed by atoms with Crippen LogP contribution in [0.25, 0.3) is 0 Å². The molecule has 134 valence electrons. The Morgan fingerprint density at radius 2 is 2.00 bits per heavy atom. The number of benzene rings is 2. The molecule has 0 aromatic heterocycles. The van der Waals surface area contributed by atoms with Crippen LogP contribution in [0.2, 0.25) is 5.02 Å². The average molecular weight is 375 g/mol. The van der Waals surface area contributed by atoms with E-state index in [4.69, 9.17) is 26.9 Å². The van der Waals surface area contributed by atoms with Crippen molar-refractivity contribution in [3.05, 3.63) is 58.4 Å². The van der Waals surface area contributed by atoms with Gasteiger partial charge < -0.3 is 20.0 Å². The molecule has 9 heteroatoms. The van der Waals surface area contributed by atoms with Crippen molar-refractivity contribution in [2.75, 3.05) is 7.11 Å². The van der Waals surface area contributed by atoms with Crippen LogP contribution in [0.5, 0.6) is 11.5 Å². The summed E-state index contributed by atoms with van der Waals surface area (Å²) in [6, 6.07) is 8.24. The number of rotatable bonds is 7. The van der Waals surface area contributed by atoms with Crippen LogP contribution in [-0.4, -0.2) is 19.6 Å². The molecule has 25 heavy (non-hydrogen) atoms. The highest BCUT2D eigenvalue weighted by atomic mass is 35.5. The number of ether oxygens (including phenoxy) is 2. The van der Waals surface area contributed by atoms with Gasteiger partial charge in [0.2, 0.25) is 0 Å². The van der Waals surface area contributed by atoms with Crippen molar-refractivity contribution in [1.82, 2.24) is 0 Å². The Morgan fingerprint density at radius 1 is 1.24 bits per heavy atom. The Hall–Kier alpha value is -2.61. The lowest BCUT2D eigenvalue weighted by Crippen LogP contribution is -2.14. The van der Waals surface area contributed by atoms with E-state index in [1.165, 1.54) is 43.5 Å². The summed E-state index contributed by atoms with van der Waals surface area (Å²) in [5, 5.41) is 3.86. The maximum Gasteiger partial charge on any atom is 0.387 e. The van der Waals surface area contributed by atoms with Crippen LogP contribution in [0.1, 0.15) is 11.1 Å². The number of amidine groups is 1. The van der Waals surface area contributed by atoms with Crippen LogP contribution in [0, 0.1) is 5.82 Å². The van der Waals surface area contributed by atoms with Crippen molar-refractivity contribution in [1.29, 1.82) is 0 Å². The maximum atomic E-state index is 13.6. The molecule has 0 heterocycles. The Balaban J connectivity index is 2.11. The first-order valence-corrected chi connectivity index (χ1v) is 7.31. The van der Waals surface area contributed by atoms with Crippen molar-refractivity contribution in [2.45, 2.75) is 13.2 Å². The molecule has 0 aliphatic carbocycles. The number of hydrogen-bond acceptors (Lipinski definition) is 4. The first-order valence-electron chi connectivity index (χ1n) is 6.94. The fourth-order valence-electron chi connectivity index (χ4n) is 1.91. The summed E-state index contributed by atoms with van der Waals surface area (Å²) in [6.07, 6.45) is 0. The fraction of sp³-hybridized carbons (Fsp3) is 0.188. The summed E-state index contributed by atoms with van der Waals surface area (Å²) in [5.74, 6) is -0.688. The number of nitrogens with two attached hydrogens (primary N) is 1. The van der Waals surface area contributed by atoms with E-state index in [-0.39, 0.29) is 34.5 Å². The molecule has 0 aliphatic rings. The minimum Gasteiger partial charge on any atom is -0.493 e. The van der Waals surface area contributed by atoms with Crippen molar-refractivity contribution in [3.63, 3.8) is 0 Å². The van der Waals surface area contributed by atoms with E-state index in [1.807, 2.05) is 0 Å². The van der Waals surface area contributed by atoms with Gasteiger partial charge in [-0.3, -0.25) is 0 Å². The lowest BCUT2D eigenvalue weighted by Gasteiger charge is -2.11. The molecule has 5 nitrogen and oxygen atoms in total. The van der Waals surface area contributed by atoms with Gasteiger partial charge in [-0.25, -0.2) is 4.39 Å².